The Morgan fingerprint density at radius 2 is 1.96 bits per heavy atom. The van der Waals surface area contributed by atoms with Crippen molar-refractivity contribution in [2.75, 3.05) is 32.8 Å². The minimum Gasteiger partial charge on any atom is -0.489 e. The molecular formula is C16H24Cl3FN2O. The second kappa shape index (κ2) is 9.28. The van der Waals surface area contributed by atoms with Crippen LogP contribution < -0.4 is 10.1 Å². The van der Waals surface area contributed by atoms with Crippen LogP contribution in [0.1, 0.15) is 31.4 Å². The number of benzene rings is 1. The highest BCUT2D eigenvalue weighted by atomic mass is 35.5. The summed E-state index contributed by atoms with van der Waals surface area (Å²) in [4.78, 5) is 2.46. The number of halogens is 4. The van der Waals surface area contributed by atoms with Gasteiger partial charge in [-0.1, -0.05) is 11.6 Å². The van der Waals surface area contributed by atoms with Crippen LogP contribution in [0, 0.1) is 11.7 Å². The van der Waals surface area contributed by atoms with E-state index in [9.17, 15) is 4.39 Å². The quantitative estimate of drug-likeness (QED) is 0.826. The third kappa shape index (κ3) is 4.86. The maximum absolute atomic E-state index is 14.3. The number of nitrogens with one attached hydrogen (secondary N) is 1. The average Bonchev–Trinajstić information content (AvgIpc) is 3.29. The van der Waals surface area contributed by atoms with Crippen LogP contribution >= 0.6 is 36.4 Å². The first kappa shape index (κ1) is 20.8. The highest BCUT2D eigenvalue weighted by Gasteiger charge is 2.37. The van der Waals surface area contributed by atoms with Crippen molar-refractivity contribution in [1.29, 1.82) is 0 Å². The van der Waals surface area contributed by atoms with Crippen LogP contribution in [0.25, 0.3) is 0 Å². The average molecular weight is 386 g/mol. The van der Waals surface area contributed by atoms with Gasteiger partial charge in [-0.05, 0) is 43.4 Å². The van der Waals surface area contributed by atoms with Crippen LogP contribution in [0.4, 0.5) is 4.39 Å². The van der Waals surface area contributed by atoms with E-state index >= 15 is 0 Å². The van der Waals surface area contributed by atoms with E-state index in [4.69, 9.17) is 16.3 Å². The van der Waals surface area contributed by atoms with Gasteiger partial charge in [0.25, 0.3) is 0 Å². The summed E-state index contributed by atoms with van der Waals surface area (Å²) in [5.74, 6) is 0.467. The summed E-state index contributed by atoms with van der Waals surface area (Å²) < 4.78 is 19.6. The van der Waals surface area contributed by atoms with Gasteiger partial charge in [0.1, 0.15) is 0 Å². The van der Waals surface area contributed by atoms with Crippen LogP contribution in [0.2, 0.25) is 5.02 Å². The Morgan fingerprint density at radius 3 is 2.48 bits per heavy atom. The third-order valence-corrected chi connectivity index (χ3v) is 4.55. The fourth-order valence-electron chi connectivity index (χ4n) is 3.19. The highest BCUT2D eigenvalue weighted by molar-refractivity contribution is 6.32. The van der Waals surface area contributed by atoms with E-state index in [0.29, 0.717) is 17.5 Å². The number of nitrogens with zero attached hydrogens (tertiary/aromatic N) is 1. The Morgan fingerprint density at radius 1 is 1.30 bits per heavy atom. The van der Waals surface area contributed by atoms with Gasteiger partial charge < -0.3 is 10.1 Å². The van der Waals surface area contributed by atoms with E-state index < -0.39 is 0 Å². The second-order valence-corrected chi connectivity index (χ2v) is 6.22. The molecule has 1 aromatic carbocycles. The van der Waals surface area contributed by atoms with Gasteiger partial charge in [-0.15, -0.1) is 24.8 Å². The number of hydrogen-bond acceptors (Lipinski definition) is 3. The number of hydrogen-bond donors (Lipinski definition) is 1. The lowest BCUT2D eigenvalue weighted by Crippen LogP contribution is -2.45. The van der Waals surface area contributed by atoms with Crippen LogP contribution in [0.5, 0.6) is 5.75 Å². The van der Waals surface area contributed by atoms with Crippen molar-refractivity contribution in [3.05, 3.63) is 28.5 Å². The summed E-state index contributed by atoms with van der Waals surface area (Å²) in [6, 6.07) is 3.79. The molecule has 3 rings (SSSR count). The largest absolute Gasteiger partial charge is 0.489 e. The van der Waals surface area contributed by atoms with E-state index in [0.717, 1.165) is 31.7 Å². The molecule has 1 N–H and O–H groups in total. The highest BCUT2D eigenvalue weighted by Crippen LogP contribution is 2.46. The summed E-state index contributed by atoms with van der Waals surface area (Å²) in [5.41, 5.74) is 0.991. The fraction of sp³-hybridized carbons (Fsp3) is 0.625. The molecule has 1 heterocycles. The molecule has 0 amide bonds. The molecule has 1 saturated heterocycles. The van der Waals surface area contributed by atoms with Crippen molar-refractivity contribution in [2.45, 2.75) is 25.8 Å². The van der Waals surface area contributed by atoms with Crippen LogP contribution in [0.15, 0.2) is 12.1 Å². The van der Waals surface area contributed by atoms with Crippen molar-refractivity contribution >= 4 is 36.4 Å². The molecule has 0 aromatic heterocycles. The van der Waals surface area contributed by atoms with Crippen LogP contribution in [-0.2, 0) is 0 Å². The first-order valence-electron chi connectivity index (χ1n) is 7.77. The molecule has 1 aromatic rings. The van der Waals surface area contributed by atoms with Gasteiger partial charge in [-0.3, -0.25) is 4.90 Å². The lowest BCUT2D eigenvalue weighted by Gasteiger charge is -2.35. The molecule has 1 aliphatic heterocycles. The predicted octanol–water partition coefficient (Wildman–Crippen LogP) is 4.08. The molecule has 0 radical (unpaired) electrons. The number of piperazine rings is 1. The minimum atomic E-state index is -0.347. The topological polar surface area (TPSA) is 24.5 Å². The van der Waals surface area contributed by atoms with Crippen LogP contribution in [-0.4, -0.2) is 37.7 Å². The molecule has 23 heavy (non-hydrogen) atoms. The van der Waals surface area contributed by atoms with Crippen molar-refractivity contribution in [1.82, 2.24) is 10.2 Å². The van der Waals surface area contributed by atoms with E-state index in [1.165, 1.54) is 12.8 Å². The van der Waals surface area contributed by atoms with Gasteiger partial charge in [0.15, 0.2) is 11.6 Å². The van der Waals surface area contributed by atoms with Crippen molar-refractivity contribution in [3.63, 3.8) is 0 Å². The lowest BCUT2D eigenvalue weighted by atomic mass is 9.99. The van der Waals surface area contributed by atoms with Crippen molar-refractivity contribution in [3.8, 4) is 5.75 Å². The maximum atomic E-state index is 14.3. The first-order valence-corrected chi connectivity index (χ1v) is 8.15. The Labute approximate surface area is 154 Å². The van der Waals surface area contributed by atoms with Gasteiger partial charge in [0.2, 0.25) is 0 Å². The Balaban J connectivity index is 0.00000132. The monoisotopic (exact) mass is 384 g/mol. The van der Waals surface area contributed by atoms with Gasteiger partial charge in [-0.25, -0.2) is 4.39 Å². The zero-order chi connectivity index (χ0) is 14.8. The van der Waals surface area contributed by atoms with Gasteiger partial charge in [-0.2, -0.15) is 0 Å². The molecule has 0 unspecified atom stereocenters. The molecule has 0 bridgehead atoms. The molecule has 3 nitrogen and oxygen atoms in total. The van der Waals surface area contributed by atoms with E-state index in [2.05, 4.69) is 10.2 Å². The van der Waals surface area contributed by atoms with E-state index in [1.54, 1.807) is 6.07 Å². The first-order chi connectivity index (χ1) is 10.2. The normalized spacial score (nSPS) is 19.4. The Bertz CT molecular complexity index is 485. The summed E-state index contributed by atoms with van der Waals surface area (Å²) in [7, 11) is 0. The van der Waals surface area contributed by atoms with Crippen molar-refractivity contribution < 1.29 is 9.13 Å². The molecule has 1 aliphatic carbocycles. The fourth-order valence-corrected chi connectivity index (χ4v) is 3.46. The SMILES string of the molecule is CCOc1c(F)cc([C@@H](C2CC2)N2CCNCC2)cc1Cl.Cl.Cl. The summed E-state index contributed by atoms with van der Waals surface area (Å²) in [6.45, 7) is 6.26. The molecule has 7 heteroatoms. The predicted molar refractivity (Wildman–Crippen MR) is 97.0 cm³/mol. The minimum absolute atomic E-state index is 0. The summed E-state index contributed by atoms with van der Waals surface area (Å²) >= 11 is 6.23. The number of rotatable bonds is 5. The van der Waals surface area contributed by atoms with Gasteiger partial charge in [0.05, 0.1) is 11.6 Å². The lowest BCUT2D eigenvalue weighted by molar-refractivity contribution is 0.156. The molecular weight excluding hydrogens is 362 g/mol. The Hall–Kier alpha value is -0.260. The molecule has 1 saturated carbocycles. The van der Waals surface area contributed by atoms with E-state index in [-0.39, 0.29) is 42.4 Å². The number of ether oxygens (including phenoxy) is 1. The molecule has 2 fully saturated rings. The molecule has 132 valence electrons. The maximum Gasteiger partial charge on any atom is 0.173 e. The molecule has 1 atom stereocenters. The van der Waals surface area contributed by atoms with Gasteiger partial charge >= 0.3 is 0 Å². The third-order valence-electron chi connectivity index (χ3n) is 4.26. The molecule has 2 aliphatic rings. The van der Waals surface area contributed by atoms with Gasteiger partial charge in [0, 0.05) is 32.2 Å². The zero-order valence-electron chi connectivity index (χ0n) is 13.2. The van der Waals surface area contributed by atoms with Crippen molar-refractivity contribution in [2.24, 2.45) is 5.92 Å². The van der Waals surface area contributed by atoms with E-state index in [1.807, 2.05) is 13.0 Å². The smallest absolute Gasteiger partial charge is 0.173 e. The summed E-state index contributed by atoms with van der Waals surface area (Å²) in [6.07, 6.45) is 2.45. The standard InChI is InChI=1S/C16H22ClFN2O.2ClH/c1-2-21-16-13(17)9-12(10-14(16)18)15(11-3-4-11)20-7-5-19-6-8-20;;/h9-11,15,19H,2-8H2,1H3;2*1H/t15-;;/m1../s1. The Kier molecular flexibility index (Phi) is 8.39. The van der Waals surface area contributed by atoms with Crippen LogP contribution in [0.3, 0.4) is 0 Å². The zero-order valence-corrected chi connectivity index (χ0v) is 15.6. The molecule has 0 spiro atoms. The second-order valence-electron chi connectivity index (χ2n) is 5.81. The summed E-state index contributed by atoms with van der Waals surface area (Å²) in [5, 5.41) is 3.75.